The molecule has 144 valence electrons. The van der Waals surface area contributed by atoms with E-state index in [1.54, 1.807) is 10.6 Å². The standard InChI is InChI=1S/C22H21FN2O3/c1-10-12-3-2-4-13-14-8-25-18(21(14)24-17(20(12)13)7-16(10)23)5-11-6-19(26)28-9-15(11)22(25)27/h5,7,12-14,20H,2-4,6,8-9H2,1H3. The van der Waals surface area contributed by atoms with Crippen LogP contribution in [0, 0.1) is 23.7 Å². The third-order valence-electron chi connectivity index (χ3n) is 7.46. The number of fused-ring (bicyclic) bond motifs is 5. The number of nitrogens with zero attached hydrogens (tertiary/aromatic N) is 2. The molecule has 0 saturated heterocycles. The van der Waals surface area contributed by atoms with Gasteiger partial charge in [-0.3, -0.25) is 14.6 Å². The zero-order valence-corrected chi connectivity index (χ0v) is 15.7. The maximum absolute atomic E-state index is 14.5. The number of allylic oxidation sites excluding steroid dienone is 4. The van der Waals surface area contributed by atoms with Crippen molar-refractivity contribution in [3.8, 4) is 0 Å². The maximum Gasteiger partial charge on any atom is 0.310 e. The molecule has 3 aliphatic heterocycles. The van der Waals surface area contributed by atoms with Crippen molar-refractivity contribution in [1.29, 1.82) is 0 Å². The molecule has 0 N–H and O–H groups in total. The molecule has 4 heterocycles. The molecule has 4 atom stereocenters. The molecule has 5 nitrogen and oxygen atoms in total. The molecular weight excluding hydrogens is 359 g/mol. The van der Waals surface area contributed by atoms with Crippen molar-refractivity contribution in [3.05, 3.63) is 56.4 Å². The topological polar surface area (TPSA) is 60.7 Å². The Kier molecular flexibility index (Phi) is 3.24. The van der Waals surface area contributed by atoms with Crippen molar-refractivity contribution >= 4 is 11.7 Å². The van der Waals surface area contributed by atoms with Gasteiger partial charge in [0.05, 0.1) is 23.4 Å². The first-order valence-electron chi connectivity index (χ1n) is 10.1. The fourth-order valence-corrected chi connectivity index (χ4v) is 6.11. The van der Waals surface area contributed by atoms with Crippen LogP contribution in [0.4, 0.5) is 4.39 Å². The second-order valence-corrected chi connectivity index (χ2v) is 8.72. The van der Waals surface area contributed by atoms with Crippen molar-refractivity contribution < 1.29 is 13.9 Å². The molecular formula is C22H21FN2O3. The van der Waals surface area contributed by atoms with Gasteiger partial charge in [0.1, 0.15) is 12.4 Å². The summed E-state index contributed by atoms with van der Waals surface area (Å²) in [5, 5.41) is 0. The van der Waals surface area contributed by atoms with E-state index in [9.17, 15) is 14.0 Å². The van der Waals surface area contributed by atoms with Gasteiger partial charge in [0, 0.05) is 24.1 Å². The molecule has 0 bridgehead atoms. The molecule has 6 rings (SSSR count). The lowest BCUT2D eigenvalue weighted by Gasteiger charge is -2.46. The Morgan fingerprint density at radius 1 is 1.25 bits per heavy atom. The zero-order valence-electron chi connectivity index (χ0n) is 15.7. The van der Waals surface area contributed by atoms with Crippen LogP contribution < -0.4 is 5.56 Å². The van der Waals surface area contributed by atoms with Gasteiger partial charge in [-0.15, -0.1) is 0 Å². The Balaban J connectivity index is 1.54. The predicted octanol–water partition coefficient (Wildman–Crippen LogP) is 3.05. The SMILES string of the molecule is CC1=C(F)C=C2N=C3c4cc5c(c(=O)n4CC3C3CCCC1C23)COC(=O)C5. The smallest absolute Gasteiger partial charge is 0.310 e. The van der Waals surface area contributed by atoms with E-state index in [4.69, 9.17) is 9.73 Å². The number of aliphatic imine (C=N–C) groups is 1. The van der Waals surface area contributed by atoms with Crippen LogP contribution in [-0.4, -0.2) is 16.2 Å². The molecule has 28 heavy (non-hydrogen) atoms. The summed E-state index contributed by atoms with van der Waals surface area (Å²) in [5.74, 6) is 0.602. The lowest BCUT2D eigenvalue weighted by atomic mass is 9.60. The van der Waals surface area contributed by atoms with E-state index in [0.29, 0.717) is 18.0 Å². The van der Waals surface area contributed by atoms with Gasteiger partial charge in [0.25, 0.3) is 5.56 Å². The van der Waals surface area contributed by atoms with Gasteiger partial charge >= 0.3 is 5.97 Å². The Hall–Kier alpha value is -2.50. The maximum atomic E-state index is 14.5. The predicted molar refractivity (Wildman–Crippen MR) is 100 cm³/mol. The van der Waals surface area contributed by atoms with Crippen LogP contribution in [0.15, 0.2) is 39.0 Å². The summed E-state index contributed by atoms with van der Waals surface area (Å²) in [6.07, 6.45) is 4.91. The van der Waals surface area contributed by atoms with Crippen molar-refractivity contribution in [1.82, 2.24) is 4.57 Å². The molecule has 6 heteroatoms. The monoisotopic (exact) mass is 380 g/mol. The number of pyridine rings is 1. The van der Waals surface area contributed by atoms with Gasteiger partial charge in [-0.25, -0.2) is 4.39 Å². The highest BCUT2D eigenvalue weighted by Gasteiger charge is 2.49. The van der Waals surface area contributed by atoms with Crippen molar-refractivity contribution in [2.75, 3.05) is 0 Å². The molecule has 1 saturated carbocycles. The van der Waals surface area contributed by atoms with Gasteiger partial charge < -0.3 is 9.30 Å². The minimum Gasteiger partial charge on any atom is -0.460 e. The molecule has 4 unspecified atom stereocenters. The number of carbonyl (C=O) groups is 1. The number of hydrogen-bond acceptors (Lipinski definition) is 4. The third kappa shape index (κ3) is 2.03. The highest BCUT2D eigenvalue weighted by Crippen LogP contribution is 2.53. The lowest BCUT2D eigenvalue weighted by Crippen LogP contribution is -2.41. The molecule has 1 aromatic rings. The minimum atomic E-state index is -0.301. The first-order chi connectivity index (χ1) is 13.5. The molecule has 5 aliphatic rings. The van der Waals surface area contributed by atoms with E-state index < -0.39 is 0 Å². The summed E-state index contributed by atoms with van der Waals surface area (Å²) in [7, 11) is 0. The Morgan fingerprint density at radius 3 is 2.96 bits per heavy atom. The molecule has 2 aliphatic carbocycles. The summed E-state index contributed by atoms with van der Waals surface area (Å²) in [6, 6.07) is 1.94. The summed E-state index contributed by atoms with van der Waals surface area (Å²) in [6.45, 7) is 2.59. The highest BCUT2D eigenvalue weighted by molar-refractivity contribution is 6.04. The van der Waals surface area contributed by atoms with Crippen molar-refractivity contribution in [2.45, 2.75) is 45.8 Å². The second-order valence-electron chi connectivity index (χ2n) is 8.72. The van der Waals surface area contributed by atoms with Crippen molar-refractivity contribution in [3.63, 3.8) is 0 Å². The van der Waals surface area contributed by atoms with Crippen LogP contribution in [0.2, 0.25) is 0 Å². The molecule has 1 aromatic heterocycles. The molecule has 0 aromatic carbocycles. The van der Waals surface area contributed by atoms with Gasteiger partial charge in [-0.05, 0) is 54.9 Å². The summed E-state index contributed by atoms with van der Waals surface area (Å²) in [4.78, 5) is 29.7. The van der Waals surface area contributed by atoms with Crippen LogP contribution in [0.1, 0.15) is 43.0 Å². The molecule has 0 radical (unpaired) electrons. The number of esters is 1. The largest absolute Gasteiger partial charge is 0.460 e. The zero-order chi connectivity index (χ0) is 19.2. The van der Waals surface area contributed by atoms with E-state index in [1.165, 1.54) is 0 Å². The number of halogens is 1. The average Bonchev–Trinajstić information content (AvgIpc) is 3.05. The van der Waals surface area contributed by atoms with E-state index in [2.05, 4.69) is 0 Å². The average molecular weight is 380 g/mol. The quantitative estimate of drug-likeness (QED) is 0.650. The Morgan fingerprint density at radius 2 is 2.11 bits per heavy atom. The van der Waals surface area contributed by atoms with Crippen LogP contribution >= 0.6 is 0 Å². The number of ether oxygens (including phenoxy) is 1. The van der Waals surface area contributed by atoms with Gasteiger partial charge in [-0.2, -0.15) is 0 Å². The van der Waals surface area contributed by atoms with E-state index in [-0.39, 0.29) is 48.1 Å². The van der Waals surface area contributed by atoms with Gasteiger partial charge in [0.2, 0.25) is 0 Å². The van der Waals surface area contributed by atoms with Crippen LogP contribution in [0.5, 0.6) is 0 Å². The van der Waals surface area contributed by atoms with Crippen molar-refractivity contribution in [2.24, 2.45) is 28.7 Å². The Bertz CT molecular complexity index is 1090. The first kappa shape index (κ1) is 16.5. The van der Waals surface area contributed by atoms with Crippen LogP contribution in [0.25, 0.3) is 0 Å². The van der Waals surface area contributed by atoms with Crippen LogP contribution in [-0.2, 0) is 29.1 Å². The number of hydrogen-bond donors (Lipinski definition) is 0. The fraction of sp³-hybridized carbons (Fsp3) is 0.500. The van der Waals surface area contributed by atoms with Gasteiger partial charge in [-0.1, -0.05) is 6.42 Å². The normalized spacial score (nSPS) is 32.6. The third-order valence-corrected chi connectivity index (χ3v) is 7.46. The van der Waals surface area contributed by atoms with E-state index in [0.717, 1.165) is 47.5 Å². The highest BCUT2D eigenvalue weighted by atomic mass is 19.1. The summed E-state index contributed by atoms with van der Waals surface area (Å²) >= 11 is 0. The van der Waals surface area contributed by atoms with E-state index >= 15 is 0 Å². The fourth-order valence-electron chi connectivity index (χ4n) is 6.11. The lowest BCUT2D eigenvalue weighted by molar-refractivity contribution is -0.145. The second kappa shape index (κ2) is 5.52. The number of carbonyl (C=O) groups excluding carboxylic acids is 1. The number of cyclic esters (lactones) is 1. The minimum absolute atomic E-state index is 0.0536. The summed E-state index contributed by atoms with van der Waals surface area (Å²) < 4.78 is 21.4. The molecule has 0 amide bonds. The first-order valence-corrected chi connectivity index (χ1v) is 10.1. The van der Waals surface area contributed by atoms with Crippen LogP contribution in [0.3, 0.4) is 0 Å². The Labute approximate surface area is 161 Å². The number of rotatable bonds is 0. The summed E-state index contributed by atoms with van der Waals surface area (Å²) in [5.41, 5.74) is 4.67. The molecule has 1 fully saturated rings. The molecule has 0 spiro atoms. The van der Waals surface area contributed by atoms with E-state index in [1.807, 2.05) is 13.0 Å². The number of aromatic nitrogens is 1. The van der Waals surface area contributed by atoms with Gasteiger partial charge in [0.15, 0.2) is 0 Å².